The fourth-order valence-electron chi connectivity index (χ4n) is 2.53. The van der Waals surface area contributed by atoms with E-state index in [0.29, 0.717) is 31.9 Å². The van der Waals surface area contributed by atoms with Gasteiger partial charge in [0.1, 0.15) is 5.54 Å². The van der Waals surface area contributed by atoms with E-state index >= 15 is 0 Å². The molecule has 1 aromatic carbocycles. The van der Waals surface area contributed by atoms with Crippen molar-refractivity contribution in [2.24, 2.45) is 10.7 Å². The highest BCUT2D eigenvalue weighted by atomic mass is 127. The minimum Gasteiger partial charge on any atom is -0.370 e. The monoisotopic (exact) mass is 459 g/mol. The highest BCUT2D eigenvalue weighted by Crippen LogP contribution is 2.20. The van der Waals surface area contributed by atoms with Crippen LogP contribution in [0, 0.1) is 6.92 Å². The lowest BCUT2D eigenvalue weighted by Crippen LogP contribution is -2.43. The van der Waals surface area contributed by atoms with Crippen molar-refractivity contribution >= 4 is 47.6 Å². The van der Waals surface area contributed by atoms with E-state index in [0.717, 1.165) is 11.3 Å². The molecular weight excluding hydrogens is 433 g/mol. The lowest BCUT2D eigenvalue weighted by atomic mass is 9.99. The van der Waals surface area contributed by atoms with Crippen LogP contribution in [0.15, 0.2) is 29.3 Å². The maximum absolute atomic E-state index is 12.2. The lowest BCUT2D eigenvalue weighted by molar-refractivity contribution is -0.130. The first kappa shape index (κ1) is 21.2. The Balaban J connectivity index is 0.00000312. The maximum Gasteiger partial charge on any atom is 0.325 e. The zero-order valence-electron chi connectivity index (χ0n) is 14.8. The van der Waals surface area contributed by atoms with Gasteiger partial charge in [0.15, 0.2) is 5.96 Å². The highest BCUT2D eigenvalue weighted by molar-refractivity contribution is 14.0. The fourth-order valence-corrected chi connectivity index (χ4v) is 2.53. The number of urea groups is 1. The van der Waals surface area contributed by atoms with Gasteiger partial charge in [-0.2, -0.15) is 0 Å². The van der Waals surface area contributed by atoms with Gasteiger partial charge in [-0.25, -0.2) is 4.79 Å². The SMILES string of the molecule is CCC1(C)NC(=O)N(CCCN=C(N)Nc2cccc(C)c2)C1=O.I. The standard InChI is InChI=1S/C17H25N5O2.HI/c1-4-17(3)14(23)22(16(24)21-17)10-6-9-19-15(18)20-13-8-5-7-12(2)11-13;/h5,7-8,11H,4,6,9-10H2,1-3H3,(H,21,24)(H3,18,19,20);1H. The predicted octanol–water partition coefficient (Wildman–Crippen LogP) is 2.45. The second-order valence-electron chi connectivity index (χ2n) is 6.19. The van der Waals surface area contributed by atoms with Gasteiger partial charge < -0.3 is 16.4 Å². The summed E-state index contributed by atoms with van der Waals surface area (Å²) < 4.78 is 0. The van der Waals surface area contributed by atoms with Crippen molar-refractivity contribution in [1.29, 1.82) is 0 Å². The summed E-state index contributed by atoms with van der Waals surface area (Å²) in [5, 5.41) is 5.75. The van der Waals surface area contributed by atoms with Crippen LogP contribution in [-0.4, -0.2) is 41.4 Å². The number of nitrogens with zero attached hydrogens (tertiary/aromatic N) is 2. The van der Waals surface area contributed by atoms with Gasteiger partial charge in [-0.3, -0.25) is 14.7 Å². The Labute approximate surface area is 165 Å². The molecule has 0 saturated carbocycles. The first-order valence-electron chi connectivity index (χ1n) is 8.13. The molecule has 8 heteroatoms. The third kappa shape index (κ3) is 5.32. The summed E-state index contributed by atoms with van der Waals surface area (Å²) >= 11 is 0. The molecule has 2 rings (SSSR count). The number of carbonyl (C=O) groups excluding carboxylic acids is 2. The first-order valence-corrected chi connectivity index (χ1v) is 8.13. The van der Waals surface area contributed by atoms with E-state index in [1.807, 2.05) is 38.1 Å². The van der Waals surface area contributed by atoms with Crippen molar-refractivity contribution in [3.8, 4) is 0 Å². The molecule has 1 fully saturated rings. The van der Waals surface area contributed by atoms with Gasteiger partial charge >= 0.3 is 6.03 Å². The zero-order valence-corrected chi connectivity index (χ0v) is 17.2. The largest absolute Gasteiger partial charge is 0.370 e. The normalized spacial score (nSPS) is 20.3. The van der Waals surface area contributed by atoms with Gasteiger partial charge in [-0.1, -0.05) is 19.1 Å². The molecule has 1 saturated heterocycles. The first-order chi connectivity index (χ1) is 11.4. The molecule has 25 heavy (non-hydrogen) atoms. The van der Waals surface area contributed by atoms with Crippen LogP contribution in [0.1, 0.15) is 32.3 Å². The number of amides is 3. The topological polar surface area (TPSA) is 99.8 Å². The minimum atomic E-state index is -0.786. The second kappa shape index (κ2) is 9.02. The third-order valence-electron chi connectivity index (χ3n) is 4.16. The second-order valence-corrected chi connectivity index (χ2v) is 6.19. The molecular formula is C17H26IN5O2. The third-order valence-corrected chi connectivity index (χ3v) is 4.16. The van der Waals surface area contributed by atoms with E-state index < -0.39 is 5.54 Å². The number of nitrogens with one attached hydrogen (secondary N) is 2. The number of hydrogen-bond acceptors (Lipinski definition) is 3. The number of aryl methyl sites for hydroxylation is 1. The Bertz CT molecular complexity index is 664. The number of nitrogens with two attached hydrogens (primary N) is 1. The Kier molecular flexibility index (Phi) is 7.65. The average Bonchev–Trinajstić information content (AvgIpc) is 2.74. The zero-order chi connectivity index (χ0) is 17.7. The molecule has 3 amide bonds. The van der Waals surface area contributed by atoms with E-state index in [9.17, 15) is 9.59 Å². The summed E-state index contributed by atoms with van der Waals surface area (Å²) in [7, 11) is 0. The number of imide groups is 1. The Morgan fingerprint density at radius 3 is 2.72 bits per heavy atom. The van der Waals surface area contributed by atoms with Crippen LogP contribution in [0.25, 0.3) is 0 Å². The number of guanidine groups is 1. The molecule has 1 aromatic rings. The van der Waals surface area contributed by atoms with Gasteiger partial charge in [0, 0.05) is 18.8 Å². The van der Waals surface area contributed by atoms with Crippen molar-refractivity contribution in [1.82, 2.24) is 10.2 Å². The number of anilines is 1. The number of rotatable bonds is 6. The molecule has 0 spiro atoms. The summed E-state index contributed by atoms with van der Waals surface area (Å²) in [6.45, 7) is 6.39. The lowest BCUT2D eigenvalue weighted by Gasteiger charge is -2.19. The number of hydrogen-bond donors (Lipinski definition) is 3. The van der Waals surface area contributed by atoms with Crippen molar-refractivity contribution in [3.05, 3.63) is 29.8 Å². The Morgan fingerprint density at radius 2 is 2.12 bits per heavy atom. The number of aliphatic imine (C=N–C) groups is 1. The number of carbonyl (C=O) groups is 2. The van der Waals surface area contributed by atoms with Crippen LogP contribution in [0.2, 0.25) is 0 Å². The molecule has 1 heterocycles. The van der Waals surface area contributed by atoms with E-state index in [2.05, 4.69) is 15.6 Å². The van der Waals surface area contributed by atoms with E-state index in [4.69, 9.17) is 5.73 Å². The Morgan fingerprint density at radius 1 is 1.40 bits per heavy atom. The van der Waals surface area contributed by atoms with E-state index in [1.165, 1.54) is 4.90 Å². The Hall–Kier alpha value is -1.84. The molecule has 0 aliphatic carbocycles. The van der Waals surface area contributed by atoms with Gasteiger partial charge in [-0.15, -0.1) is 24.0 Å². The molecule has 138 valence electrons. The summed E-state index contributed by atoms with van der Waals surface area (Å²) in [6, 6.07) is 7.49. The molecule has 0 radical (unpaired) electrons. The van der Waals surface area contributed by atoms with Crippen LogP contribution >= 0.6 is 24.0 Å². The van der Waals surface area contributed by atoms with Gasteiger partial charge in [0.2, 0.25) is 0 Å². The van der Waals surface area contributed by atoms with Crippen LogP contribution in [0.4, 0.5) is 10.5 Å². The van der Waals surface area contributed by atoms with Crippen LogP contribution in [0.3, 0.4) is 0 Å². The predicted molar refractivity (Wildman–Crippen MR) is 110 cm³/mol. The maximum atomic E-state index is 12.2. The van der Waals surface area contributed by atoms with Gasteiger partial charge in [0.05, 0.1) is 0 Å². The quantitative estimate of drug-likeness (QED) is 0.200. The van der Waals surface area contributed by atoms with Crippen molar-refractivity contribution in [2.45, 2.75) is 39.2 Å². The number of halogens is 1. The molecule has 1 unspecified atom stereocenters. The molecule has 0 aromatic heterocycles. The molecule has 0 bridgehead atoms. The average molecular weight is 459 g/mol. The summed E-state index contributed by atoms with van der Waals surface area (Å²) in [5.74, 6) is 0.140. The summed E-state index contributed by atoms with van der Waals surface area (Å²) in [4.78, 5) is 29.6. The fraction of sp³-hybridized carbons (Fsp3) is 0.471. The highest BCUT2D eigenvalue weighted by Gasteiger charge is 2.45. The smallest absolute Gasteiger partial charge is 0.325 e. The van der Waals surface area contributed by atoms with E-state index in [-0.39, 0.29) is 35.9 Å². The van der Waals surface area contributed by atoms with Gasteiger partial charge in [-0.05, 0) is 44.4 Å². The number of benzene rings is 1. The molecule has 1 aliphatic rings. The summed E-state index contributed by atoms with van der Waals surface area (Å²) in [6.07, 6.45) is 1.13. The molecule has 4 N–H and O–H groups in total. The molecule has 1 aliphatic heterocycles. The molecule has 7 nitrogen and oxygen atoms in total. The van der Waals surface area contributed by atoms with Crippen LogP contribution in [-0.2, 0) is 4.79 Å². The van der Waals surface area contributed by atoms with Crippen LogP contribution in [0.5, 0.6) is 0 Å². The van der Waals surface area contributed by atoms with Gasteiger partial charge in [0.25, 0.3) is 5.91 Å². The minimum absolute atomic E-state index is 0. The van der Waals surface area contributed by atoms with Crippen molar-refractivity contribution in [3.63, 3.8) is 0 Å². The van der Waals surface area contributed by atoms with E-state index in [1.54, 1.807) is 6.92 Å². The summed E-state index contributed by atoms with van der Waals surface area (Å²) in [5.41, 5.74) is 7.07. The van der Waals surface area contributed by atoms with Crippen molar-refractivity contribution in [2.75, 3.05) is 18.4 Å². The van der Waals surface area contributed by atoms with Crippen molar-refractivity contribution < 1.29 is 9.59 Å². The molecule has 1 atom stereocenters. The van der Waals surface area contributed by atoms with Crippen LogP contribution < -0.4 is 16.4 Å².